The summed E-state index contributed by atoms with van der Waals surface area (Å²) in [5.74, 6) is 1.07. The van der Waals surface area contributed by atoms with Crippen LogP contribution in [0.1, 0.15) is 25.8 Å². The van der Waals surface area contributed by atoms with Gasteiger partial charge < -0.3 is 4.74 Å². The van der Waals surface area contributed by atoms with Gasteiger partial charge in [0.2, 0.25) is 0 Å². The summed E-state index contributed by atoms with van der Waals surface area (Å²) in [5.41, 5.74) is 1.25. The van der Waals surface area contributed by atoms with Gasteiger partial charge in [-0.25, -0.2) is 8.42 Å². The van der Waals surface area contributed by atoms with Gasteiger partial charge in [0.25, 0.3) is 0 Å². The van der Waals surface area contributed by atoms with Gasteiger partial charge in [0.1, 0.15) is 12.4 Å². The van der Waals surface area contributed by atoms with E-state index >= 15 is 0 Å². The molecular formula is C13H20O3S. The second-order valence-corrected chi connectivity index (χ2v) is 6.30. The van der Waals surface area contributed by atoms with Crippen LogP contribution in [0.4, 0.5) is 0 Å². The lowest BCUT2D eigenvalue weighted by Crippen LogP contribution is -2.16. The molecule has 3 nitrogen and oxygen atoms in total. The Bertz CT molecular complexity index is 420. The van der Waals surface area contributed by atoms with Crippen LogP contribution in [0.2, 0.25) is 0 Å². The van der Waals surface area contributed by atoms with Crippen LogP contribution < -0.4 is 4.74 Å². The zero-order chi connectivity index (χ0) is 12.7. The fourth-order valence-corrected chi connectivity index (χ4v) is 2.68. The van der Waals surface area contributed by atoms with E-state index in [9.17, 15) is 8.42 Å². The number of sulfone groups is 1. The van der Waals surface area contributed by atoms with E-state index in [1.807, 2.05) is 31.2 Å². The van der Waals surface area contributed by atoms with E-state index in [-0.39, 0.29) is 18.1 Å². The molecule has 0 heterocycles. The molecule has 0 amide bonds. The van der Waals surface area contributed by atoms with Crippen LogP contribution >= 0.6 is 0 Å². The lowest BCUT2D eigenvalue weighted by Gasteiger charge is -2.07. The van der Waals surface area contributed by atoms with Crippen molar-refractivity contribution in [2.75, 3.05) is 18.1 Å². The lowest BCUT2D eigenvalue weighted by molar-refractivity contribution is 0.340. The number of hydrogen-bond acceptors (Lipinski definition) is 3. The third kappa shape index (κ3) is 5.22. The Balaban J connectivity index is 2.40. The quantitative estimate of drug-likeness (QED) is 0.752. The van der Waals surface area contributed by atoms with Crippen LogP contribution in [0.15, 0.2) is 24.3 Å². The first-order chi connectivity index (χ1) is 8.07. The predicted molar refractivity (Wildman–Crippen MR) is 70.3 cm³/mol. The van der Waals surface area contributed by atoms with Gasteiger partial charge in [-0.3, -0.25) is 0 Å². The van der Waals surface area contributed by atoms with Gasteiger partial charge >= 0.3 is 0 Å². The molecule has 1 rings (SSSR count). The zero-order valence-electron chi connectivity index (χ0n) is 10.5. The minimum absolute atomic E-state index is 0.0936. The van der Waals surface area contributed by atoms with Gasteiger partial charge in [0.05, 0.1) is 11.5 Å². The Hall–Kier alpha value is -1.03. The van der Waals surface area contributed by atoms with Crippen molar-refractivity contribution >= 4 is 9.84 Å². The maximum absolute atomic E-state index is 11.4. The average Bonchev–Trinajstić information content (AvgIpc) is 2.29. The van der Waals surface area contributed by atoms with E-state index in [0.717, 1.165) is 12.2 Å². The summed E-state index contributed by atoms with van der Waals surface area (Å²) in [6.07, 6.45) is 1.65. The Morgan fingerprint density at radius 3 is 2.24 bits per heavy atom. The third-order valence-corrected chi connectivity index (χ3v) is 4.33. The summed E-state index contributed by atoms with van der Waals surface area (Å²) in [6.45, 7) is 4.18. The van der Waals surface area contributed by atoms with Crippen LogP contribution in [-0.4, -0.2) is 26.5 Å². The van der Waals surface area contributed by atoms with Gasteiger partial charge in [-0.15, -0.1) is 0 Å². The Morgan fingerprint density at radius 1 is 1.06 bits per heavy atom. The molecule has 0 aliphatic rings. The minimum atomic E-state index is -2.94. The van der Waals surface area contributed by atoms with Gasteiger partial charge in [-0.05, 0) is 30.5 Å². The molecule has 0 aliphatic heterocycles. The van der Waals surface area contributed by atoms with Gasteiger partial charge in [-0.1, -0.05) is 26.0 Å². The molecule has 0 unspecified atom stereocenters. The summed E-state index contributed by atoms with van der Waals surface area (Å²) in [5, 5.41) is 0. The predicted octanol–water partition coefficient (Wildman–Crippen LogP) is 2.45. The highest BCUT2D eigenvalue weighted by Crippen LogP contribution is 2.12. The molecular weight excluding hydrogens is 236 g/mol. The molecule has 0 N–H and O–H groups in total. The fourth-order valence-electron chi connectivity index (χ4n) is 1.52. The fraction of sp³-hybridized carbons (Fsp3) is 0.538. The Morgan fingerprint density at radius 2 is 1.71 bits per heavy atom. The largest absolute Gasteiger partial charge is 0.493 e. The number of rotatable bonds is 7. The summed E-state index contributed by atoms with van der Waals surface area (Å²) >= 11 is 0. The molecule has 17 heavy (non-hydrogen) atoms. The molecule has 0 radical (unpaired) electrons. The smallest absolute Gasteiger partial charge is 0.153 e. The molecule has 0 saturated carbocycles. The summed E-state index contributed by atoms with van der Waals surface area (Å²) < 4.78 is 28.3. The molecule has 0 spiro atoms. The maximum atomic E-state index is 11.4. The van der Waals surface area contributed by atoms with E-state index in [1.54, 1.807) is 0 Å². The van der Waals surface area contributed by atoms with Crippen molar-refractivity contribution in [3.05, 3.63) is 29.8 Å². The van der Waals surface area contributed by atoms with Crippen LogP contribution in [0.25, 0.3) is 0 Å². The molecule has 0 bridgehead atoms. The number of hydrogen-bond donors (Lipinski definition) is 0. The normalized spacial score (nSPS) is 11.4. The van der Waals surface area contributed by atoms with E-state index in [1.165, 1.54) is 5.56 Å². The summed E-state index contributed by atoms with van der Waals surface area (Å²) in [4.78, 5) is 0. The molecule has 0 fully saturated rings. The first-order valence-electron chi connectivity index (χ1n) is 5.99. The van der Waals surface area contributed by atoms with Gasteiger partial charge in [-0.2, -0.15) is 0 Å². The highest BCUT2D eigenvalue weighted by Gasteiger charge is 2.09. The molecule has 0 atom stereocenters. The first-order valence-corrected chi connectivity index (χ1v) is 7.81. The number of aryl methyl sites for hydroxylation is 1. The van der Waals surface area contributed by atoms with Crippen molar-refractivity contribution in [1.29, 1.82) is 0 Å². The number of benzene rings is 1. The first kappa shape index (κ1) is 14.0. The highest BCUT2D eigenvalue weighted by atomic mass is 32.2. The summed E-state index contributed by atoms with van der Waals surface area (Å²) in [7, 11) is -2.94. The molecule has 96 valence electrons. The average molecular weight is 256 g/mol. The van der Waals surface area contributed by atoms with Crippen LogP contribution in [-0.2, 0) is 16.3 Å². The SMILES string of the molecule is CCCS(=O)(=O)CCOc1ccc(CC)cc1. The zero-order valence-corrected chi connectivity index (χ0v) is 11.3. The monoisotopic (exact) mass is 256 g/mol. The second kappa shape index (κ2) is 6.64. The molecule has 1 aromatic carbocycles. The van der Waals surface area contributed by atoms with E-state index in [0.29, 0.717) is 6.42 Å². The maximum Gasteiger partial charge on any atom is 0.153 e. The van der Waals surface area contributed by atoms with Crippen molar-refractivity contribution < 1.29 is 13.2 Å². The molecule has 0 aromatic heterocycles. The van der Waals surface area contributed by atoms with Crippen LogP contribution in [0, 0.1) is 0 Å². The van der Waals surface area contributed by atoms with Gasteiger partial charge in [0.15, 0.2) is 9.84 Å². The second-order valence-electron chi connectivity index (χ2n) is 4.00. The molecule has 0 saturated heterocycles. The summed E-state index contributed by atoms with van der Waals surface area (Å²) in [6, 6.07) is 7.75. The van der Waals surface area contributed by atoms with Crippen LogP contribution in [0.3, 0.4) is 0 Å². The van der Waals surface area contributed by atoms with E-state index < -0.39 is 9.84 Å². The lowest BCUT2D eigenvalue weighted by atomic mass is 10.2. The van der Waals surface area contributed by atoms with E-state index in [2.05, 4.69) is 6.92 Å². The van der Waals surface area contributed by atoms with Crippen molar-refractivity contribution in [1.82, 2.24) is 0 Å². The Labute approximate surface area is 104 Å². The molecule has 1 aromatic rings. The topological polar surface area (TPSA) is 43.4 Å². The van der Waals surface area contributed by atoms with Crippen molar-refractivity contribution in [3.63, 3.8) is 0 Å². The number of ether oxygens (including phenoxy) is 1. The van der Waals surface area contributed by atoms with Crippen molar-refractivity contribution in [2.45, 2.75) is 26.7 Å². The minimum Gasteiger partial charge on any atom is -0.493 e. The third-order valence-electron chi connectivity index (χ3n) is 2.51. The molecule has 4 heteroatoms. The standard InChI is InChI=1S/C13H20O3S/c1-3-10-17(14,15)11-9-16-13-7-5-12(4-2)6-8-13/h5-8H,3-4,9-11H2,1-2H3. The van der Waals surface area contributed by atoms with Crippen LogP contribution in [0.5, 0.6) is 5.75 Å². The van der Waals surface area contributed by atoms with E-state index in [4.69, 9.17) is 4.74 Å². The Kier molecular flexibility index (Phi) is 5.48. The van der Waals surface area contributed by atoms with Crippen molar-refractivity contribution in [2.24, 2.45) is 0 Å². The van der Waals surface area contributed by atoms with Gasteiger partial charge in [0, 0.05) is 0 Å². The van der Waals surface area contributed by atoms with Crippen molar-refractivity contribution in [3.8, 4) is 5.75 Å². The highest BCUT2D eigenvalue weighted by molar-refractivity contribution is 7.91. The molecule has 0 aliphatic carbocycles.